The molecule has 26 heteroatoms. The predicted molar refractivity (Wildman–Crippen MR) is 280 cm³/mol. The van der Waals surface area contributed by atoms with Gasteiger partial charge in [-0.25, -0.2) is 9.59 Å². The molecular formula is C57H90O26. The number of hydrogen-bond donors (Lipinski definition) is 15. The molecule has 3 unspecified atom stereocenters. The van der Waals surface area contributed by atoms with Crippen LogP contribution in [0.3, 0.4) is 0 Å². The van der Waals surface area contributed by atoms with Gasteiger partial charge in [-0.1, -0.05) is 59.3 Å². The van der Waals surface area contributed by atoms with Gasteiger partial charge >= 0.3 is 11.9 Å². The van der Waals surface area contributed by atoms with Crippen LogP contribution >= 0.6 is 0 Å². The number of carbonyl (C=O) groups is 2. The molecule has 474 valence electrons. The van der Waals surface area contributed by atoms with Gasteiger partial charge in [0.15, 0.2) is 31.3 Å². The van der Waals surface area contributed by atoms with Crippen LogP contribution in [0.4, 0.5) is 0 Å². The fourth-order valence-corrected chi connectivity index (χ4v) is 16.8. The molecule has 0 aromatic carbocycles. The van der Waals surface area contributed by atoms with Gasteiger partial charge in [0.25, 0.3) is 0 Å². The van der Waals surface area contributed by atoms with E-state index in [4.69, 9.17) is 42.6 Å². The van der Waals surface area contributed by atoms with E-state index in [-0.39, 0.29) is 24.7 Å². The SMILES string of the molecule is CC=C(C)C(=O)O[C@H]1[C@H](O)[C@@]2(CO)C(CC1(C)C)C1=CCC3[C@@]4(C)CC[C@H](O[C@@H]5O[C@H](C(=O)O)[C@@H](O)[C@H](O[C@@H]6OC[C@H](O)[C@H](O)[C@H]6O[C@@H]6OC[C@@H](O)[C@H](O)[C@H]6O)[C@H]5O[C@H]5O[C@H](CO)[C@H](O)[C@H](O)[C@H]5O)[C@@](C)(CO)C4CC[C@@]3(C)[C@]1(C)C[C@H]2O. The standard InChI is InChI=1S/C57H90O26/c1-9-23(2)47(74)83-45-44(71)57(22-60)25(16-52(45,3)4)24-10-11-30-53(5)14-13-32(54(6,21-59)29(53)12-15-55(30,7)56(24,8)17-31(57)63)78-51-43(82-49-38(69)36(67)35(66)28(18-58)77-49)40(39(70)41(80-51)46(72)73)79-50-42(34(65)27(62)20-76-50)81-48-37(68)33(64)26(61)19-75-48/h9-10,25-45,48-51,58-71H,11-22H2,1-8H3,(H,72,73)/t25?,26-,27+,28-,29?,30?,31-,32+,33+,34+,35+,36+,37-,38-,39+,40+,41+,42-,43-,44+,45+,48+,49-,50+,51-,53+,54+,55-,56-,57+/m1/s1. The van der Waals surface area contributed by atoms with Crippen molar-refractivity contribution in [1.82, 2.24) is 0 Å². The Bertz CT molecular complexity index is 2390. The maximum absolute atomic E-state index is 13.2. The predicted octanol–water partition coefficient (Wildman–Crippen LogP) is -2.79. The lowest BCUT2D eigenvalue weighted by Gasteiger charge is -2.72. The Hall–Kier alpha value is -2.46. The highest BCUT2D eigenvalue weighted by atomic mass is 16.8. The van der Waals surface area contributed by atoms with Crippen LogP contribution in [0, 0.1) is 50.2 Å². The van der Waals surface area contributed by atoms with Gasteiger partial charge in [-0.3, -0.25) is 0 Å². The molecular weight excluding hydrogens is 1100 g/mol. The Kier molecular flexibility index (Phi) is 18.6. The van der Waals surface area contributed by atoms with Gasteiger partial charge in [0, 0.05) is 16.4 Å². The van der Waals surface area contributed by atoms with Crippen LogP contribution in [0.15, 0.2) is 23.3 Å². The van der Waals surface area contributed by atoms with E-state index >= 15 is 0 Å². The average Bonchev–Trinajstić information content (AvgIpc) is 0.906. The van der Waals surface area contributed by atoms with Crippen molar-refractivity contribution < 1.29 is 129 Å². The summed E-state index contributed by atoms with van der Waals surface area (Å²) in [5.41, 5.74) is -3.80. The second-order valence-corrected chi connectivity index (χ2v) is 26.9. The first kappa shape index (κ1) is 65.0. The summed E-state index contributed by atoms with van der Waals surface area (Å²) >= 11 is 0. The van der Waals surface area contributed by atoms with E-state index in [2.05, 4.69) is 26.8 Å². The number of esters is 1. The van der Waals surface area contributed by atoms with Crippen molar-refractivity contribution in [3.8, 4) is 0 Å². The second-order valence-electron chi connectivity index (χ2n) is 26.9. The van der Waals surface area contributed by atoms with Gasteiger partial charge in [0.2, 0.25) is 0 Å². The van der Waals surface area contributed by atoms with Crippen LogP contribution in [-0.2, 0) is 52.2 Å². The summed E-state index contributed by atoms with van der Waals surface area (Å²) < 4.78 is 54.3. The molecule has 0 aromatic heterocycles. The first-order valence-corrected chi connectivity index (χ1v) is 29.1. The molecule has 0 bridgehead atoms. The van der Waals surface area contributed by atoms with Crippen molar-refractivity contribution in [2.45, 2.75) is 235 Å². The average molecular weight is 1190 g/mol. The summed E-state index contributed by atoms with van der Waals surface area (Å²) in [6.45, 7) is 12.5. The fraction of sp³-hybridized carbons (Fsp3) is 0.895. The molecule has 4 heterocycles. The van der Waals surface area contributed by atoms with Crippen molar-refractivity contribution >= 4 is 11.9 Å². The number of carboxylic acid groups (broad SMARTS) is 1. The van der Waals surface area contributed by atoms with E-state index in [1.807, 2.05) is 20.8 Å². The first-order chi connectivity index (χ1) is 38.9. The van der Waals surface area contributed by atoms with Crippen molar-refractivity contribution in [2.75, 3.05) is 33.0 Å². The summed E-state index contributed by atoms with van der Waals surface area (Å²) in [6.07, 6.45) is -32.2. The van der Waals surface area contributed by atoms with Crippen LogP contribution in [-0.4, -0.2) is 257 Å². The molecule has 4 saturated carbocycles. The third-order valence-electron chi connectivity index (χ3n) is 22.1. The maximum Gasteiger partial charge on any atom is 0.335 e. The van der Waals surface area contributed by atoms with E-state index in [1.54, 1.807) is 19.9 Å². The molecule has 9 rings (SSSR count). The van der Waals surface area contributed by atoms with Gasteiger partial charge in [0.05, 0.1) is 50.7 Å². The zero-order valence-corrected chi connectivity index (χ0v) is 48.3. The number of allylic oxidation sites excluding steroid dienone is 3. The van der Waals surface area contributed by atoms with Crippen molar-refractivity contribution in [3.63, 3.8) is 0 Å². The molecule has 26 nitrogen and oxygen atoms in total. The van der Waals surface area contributed by atoms with Gasteiger partial charge in [-0.05, 0) is 92.8 Å². The molecule has 8 fully saturated rings. The Morgan fingerprint density at radius 3 is 1.92 bits per heavy atom. The zero-order valence-electron chi connectivity index (χ0n) is 48.3. The van der Waals surface area contributed by atoms with E-state index in [0.29, 0.717) is 37.7 Å². The van der Waals surface area contributed by atoms with Crippen LogP contribution in [0.25, 0.3) is 0 Å². The van der Waals surface area contributed by atoms with E-state index in [9.17, 15) is 86.2 Å². The number of hydrogen-bond acceptors (Lipinski definition) is 25. The number of aliphatic hydroxyl groups is 14. The van der Waals surface area contributed by atoms with Gasteiger partial charge in [-0.15, -0.1) is 0 Å². The monoisotopic (exact) mass is 1190 g/mol. The molecule has 4 aliphatic heterocycles. The highest BCUT2D eigenvalue weighted by molar-refractivity contribution is 5.87. The number of aliphatic carboxylic acids is 1. The minimum absolute atomic E-state index is 0.0901. The zero-order chi connectivity index (χ0) is 61.0. The minimum Gasteiger partial charge on any atom is -0.479 e. The Morgan fingerprint density at radius 1 is 0.663 bits per heavy atom. The smallest absolute Gasteiger partial charge is 0.335 e. The van der Waals surface area contributed by atoms with E-state index in [1.165, 1.54) is 0 Å². The van der Waals surface area contributed by atoms with E-state index in [0.717, 1.165) is 5.57 Å². The summed E-state index contributed by atoms with van der Waals surface area (Å²) in [4.78, 5) is 26.3. The number of carbonyl (C=O) groups excluding carboxylic acids is 1. The molecule has 0 aromatic rings. The number of ether oxygens (including phenoxy) is 9. The number of aliphatic hydroxyl groups excluding tert-OH is 14. The summed E-state index contributed by atoms with van der Waals surface area (Å²) in [5, 5.41) is 167. The highest BCUT2D eigenvalue weighted by Crippen LogP contribution is 2.76. The van der Waals surface area contributed by atoms with Crippen LogP contribution in [0.5, 0.6) is 0 Å². The van der Waals surface area contributed by atoms with Crippen LogP contribution in [0.1, 0.15) is 100 Å². The van der Waals surface area contributed by atoms with Gasteiger partial charge < -0.3 is 119 Å². The second kappa shape index (κ2) is 23.8. The van der Waals surface area contributed by atoms with Crippen molar-refractivity contribution in [3.05, 3.63) is 23.3 Å². The molecule has 83 heavy (non-hydrogen) atoms. The van der Waals surface area contributed by atoms with Gasteiger partial charge in [0.1, 0.15) is 91.6 Å². The fourth-order valence-electron chi connectivity index (χ4n) is 16.8. The molecule has 0 radical (unpaired) electrons. The maximum atomic E-state index is 13.2. The number of rotatable bonds is 14. The third-order valence-corrected chi connectivity index (χ3v) is 22.1. The third kappa shape index (κ3) is 10.5. The summed E-state index contributed by atoms with van der Waals surface area (Å²) in [7, 11) is 0. The molecule has 0 amide bonds. The topological polar surface area (TPSA) is 421 Å². The lowest BCUT2D eigenvalue weighted by Crippen LogP contribution is -2.72. The highest BCUT2D eigenvalue weighted by Gasteiger charge is 2.73. The Balaban J connectivity index is 1.04. The lowest BCUT2D eigenvalue weighted by atomic mass is 9.33. The van der Waals surface area contributed by atoms with Crippen LogP contribution < -0.4 is 0 Å². The minimum atomic E-state index is -2.25. The normalized spacial score (nSPS) is 52.7. The van der Waals surface area contributed by atoms with E-state index < -0.39 is 218 Å². The van der Waals surface area contributed by atoms with Crippen LogP contribution in [0.2, 0.25) is 0 Å². The molecule has 15 N–H and O–H groups in total. The van der Waals surface area contributed by atoms with Gasteiger partial charge in [-0.2, -0.15) is 0 Å². The van der Waals surface area contributed by atoms with Crippen molar-refractivity contribution in [2.24, 2.45) is 50.2 Å². The first-order valence-electron chi connectivity index (χ1n) is 29.1. The summed E-state index contributed by atoms with van der Waals surface area (Å²) in [5.74, 6) is -3.24. The largest absolute Gasteiger partial charge is 0.479 e. The quantitative estimate of drug-likeness (QED) is 0.0362. The molecule has 9 aliphatic rings. The number of carboxylic acids is 1. The molecule has 4 saturated heterocycles. The number of fused-ring (bicyclic) bond motifs is 7. The lowest BCUT2D eigenvalue weighted by molar-refractivity contribution is -0.400. The molecule has 0 spiro atoms. The summed E-state index contributed by atoms with van der Waals surface area (Å²) in [6, 6.07) is 0. The molecule has 5 aliphatic carbocycles. The van der Waals surface area contributed by atoms with Crippen molar-refractivity contribution in [1.29, 1.82) is 0 Å². The molecule has 30 atom stereocenters. The Morgan fingerprint density at radius 2 is 1.29 bits per heavy atom. The Labute approximate surface area is 481 Å².